The quantitative estimate of drug-likeness (QED) is 0.339. The van der Waals surface area contributed by atoms with E-state index in [-0.39, 0.29) is 24.0 Å². The summed E-state index contributed by atoms with van der Waals surface area (Å²) in [6.07, 6.45) is 2.88. The Morgan fingerprint density at radius 3 is 2.59 bits per heavy atom. The minimum Gasteiger partial charge on any atom is -0.497 e. The Kier molecular flexibility index (Phi) is 9.46. The first-order valence-corrected chi connectivity index (χ1v) is 9.51. The molecular formula is C21H30IN5O2. The second kappa shape index (κ2) is 11.8. The van der Waals surface area contributed by atoms with E-state index in [1.807, 2.05) is 24.3 Å². The number of benzene rings is 1. The summed E-state index contributed by atoms with van der Waals surface area (Å²) >= 11 is 0. The molecule has 1 fully saturated rings. The number of nitrogens with one attached hydrogen (secondary N) is 2. The van der Waals surface area contributed by atoms with Crippen molar-refractivity contribution in [1.29, 1.82) is 0 Å². The number of guanidine groups is 1. The van der Waals surface area contributed by atoms with Crippen LogP contribution in [0.1, 0.15) is 17.7 Å². The van der Waals surface area contributed by atoms with Crippen molar-refractivity contribution in [3.63, 3.8) is 0 Å². The van der Waals surface area contributed by atoms with Gasteiger partial charge in [-0.25, -0.2) is 0 Å². The van der Waals surface area contributed by atoms with E-state index in [1.54, 1.807) is 27.5 Å². The van der Waals surface area contributed by atoms with Crippen LogP contribution in [0, 0.1) is 0 Å². The average molecular weight is 511 g/mol. The number of pyridine rings is 1. The Balaban J connectivity index is 0.00000300. The highest BCUT2D eigenvalue weighted by molar-refractivity contribution is 14.0. The number of hydrogen-bond acceptors (Lipinski definition) is 5. The molecule has 1 unspecified atom stereocenters. The van der Waals surface area contributed by atoms with E-state index >= 15 is 0 Å². The van der Waals surface area contributed by atoms with Crippen LogP contribution in [0.2, 0.25) is 0 Å². The monoisotopic (exact) mass is 511 g/mol. The van der Waals surface area contributed by atoms with E-state index in [2.05, 4.69) is 37.6 Å². The van der Waals surface area contributed by atoms with Crippen molar-refractivity contribution in [1.82, 2.24) is 20.5 Å². The maximum atomic E-state index is 5.37. The lowest BCUT2D eigenvalue weighted by Gasteiger charge is -2.19. The summed E-state index contributed by atoms with van der Waals surface area (Å²) in [7, 11) is 5.15. The van der Waals surface area contributed by atoms with E-state index in [0.29, 0.717) is 12.6 Å². The molecule has 0 saturated carbocycles. The zero-order valence-corrected chi connectivity index (χ0v) is 19.6. The van der Waals surface area contributed by atoms with Crippen LogP contribution >= 0.6 is 24.0 Å². The predicted molar refractivity (Wildman–Crippen MR) is 126 cm³/mol. The van der Waals surface area contributed by atoms with Crippen molar-refractivity contribution in [2.75, 3.05) is 34.4 Å². The molecule has 0 spiro atoms. The minimum atomic E-state index is 0. The van der Waals surface area contributed by atoms with Crippen LogP contribution in [-0.4, -0.2) is 56.2 Å². The van der Waals surface area contributed by atoms with Crippen LogP contribution < -0.4 is 20.1 Å². The maximum absolute atomic E-state index is 5.37. The first kappa shape index (κ1) is 23.2. The molecule has 1 aromatic carbocycles. The number of likely N-dealkylation sites (tertiary alicyclic amines) is 1. The van der Waals surface area contributed by atoms with Gasteiger partial charge in [-0.3, -0.25) is 14.9 Å². The summed E-state index contributed by atoms with van der Waals surface area (Å²) in [5.74, 6) is 2.45. The van der Waals surface area contributed by atoms with Crippen molar-refractivity contribution < 1.29 is 9.47 Å². The molecule has 1 aliphatic heterocycles. The molecule has 29 heavy (non-hydrogen) atoms. The highest BCUT2D eigenvalue weighted by atomic mass is 127. The van der Waals surface area contributed by atoms with E-state index in [4.69, 9.17) is 9.47 Å². The van der Waals surface area contributed by atoms with Crippen LogP contribution in [0.25, 0.3) is 0 Å². The van der Waals surface area contributed by atoms with E-state index < -0.39 is 0 Å². The molecule has 1 aliphatic rings. The van der Waals surface area contributed by atoms with E-state index in [0.717, 1.165) is 49.2 Å². The first-order chi connectivity index (χ1) is 13.7. The molecule has 0 radical (unpaired) electrons. The third kappa shape index (κ3) is 7.04. The zero-order valence-electron chi connectivity index (χ0n) is 17.2. The van der Waals surface area contributed by atoms with Crippen LogP contribution in [0.5, 0.6) is 11.5 Å². The van der Waals surface area contributed by atoms with Gasteiger partial charge in [0.2, 0.25) is 0 Å². The molecule has 2 N–H and O–H groups in total. The standard InChI is InChI=1S/C21H29N5O2.HI/c1-22-21(24-13-17-6-4-5-8-23-17)25-18-7-9-26(15-18)14-16-10-19(27-2)12-20(11-16)28-3;/h4-6,8,10-12,18H,7,9,13-15H2,1-3H3,(H2,22,24,25);1H. The SMILES string of the molecule is CN=C(NCc1ccccn1)NC1CCN(Cc2cc(OC)cc(OC)c2)C1.I. The van der Waals surface area contributed by atoms with Gasteiger partial charge >= 0.3 is 0 Å². The van der Waals surface area contributed by atoms with Crippen LogP contribution in [-0.2, 0) is 13.1 Å². The van der Waals surface area contributed by atoms with Crippen molar-refractivity contribution in [3.05, 3.63) is 53.9 Å². The van der Waals surface area contributed by atoms with Crippen LogP contribution in [0.4, 0.5) is 0 Å². The summed E-state index contributed by atoms with van der Waals surface area (Å²) in [6, 6.07) is 12.3. The van der Waals surface area contributed by atoms with Gasteiger partial charge in [-0.05, 0) is 36.2 Å². The first-order valence-electron chi connectivity index (χ1n) is 9.51. The molecule has 0 amide bonds. The van der Waals surface area contributed by atoms with Gasteiger partial charge in [-0.1, -0.05) is 6.07 Å². The highest BCUT2D eigenvalue weighted by Crippen LogP contribution is 2.24. The molecule has 0 bridgehead atoms. The molecule has 2 aromatic rings. The van der Waals surface area contributed by atoms with Gasteiger partial charge in [-0.15, -0.1) is 24.0 Å². The molecule has 2 heterocycles. The fraction of sp³-hybridized carbons (Fsp3) is 0.429. The summed E-state index contributed by atoms with van der Waals surface area (Å²) in [5, 5.41) is 6.85. The fourth-order valence-corrected chi connectivity index (χ4v) is 3.37. The maximum Gasteiger partial charge on any atom is 0.191 e. The van der Waals surface area contributed by atoms with Crippen molar-refractivity contribution in [2.45, 2.75) is 25.6 Å². The lowest BCUT2D eigenvalue weighted by molar-refractivity contribution is 0.321. The Hall–Kier alpha value is -2.07. The summed E-state index contributed by atoms with van der Waals surface area (Å²) < 4.78 is 10.7. The smallest absolute Gasteiger partial charge is 0.191 e. The number of aromatic nitrogens is 1. The number of nitrogens with zero attached hydrogens (tertiary/aromatic N) is 3. The molecule has 7 nitrogen and oxygen atoms in total. The van der Waals surface area contributed by atoms with E-state index in [1.165, 1.54) is 5.56 Å². The van der Waals surface area contributed by atoms with Gasteiger partial charge in [0.1, 0.15) is 11.5 Å². The zero-order chi connectivity index (χ0) is 19.8. The molecule has 1 atom stereocenters. The number of ether oxygens (including phenoxy) is 2. The van der Waals surface area contributed by atoms with Crippen LogP contribution in [0.15, 0.2) is 47.6 Å². The number of methoxy groups -OCH3 is 2. The number of rotatable bonds is 7. The second-order valence-electron chi connectivity index (χ2n) is 6.83. The average Bonchev–Trinajstić information content (AvgIpc) is 3.18. The lowest BCUT2D eigenvalue weighted by Crippen LogP contribution is -2.44. The van der Waals surface area contributed by atoms with Gasteiger partial charge < -0.3 is 20.1 Å². The van der Waals surface area contributed by atoms with Gasteiger partial charge in [-0.2, -0.15) is 0 Å². The number of aliphatic imine (C=N–C) groups is 1. The van der Waals surface area contributed by atoms with Gasteiger partial charge in [0.15, 0.2) is 5.96 Å². The third-order valence-electron chi connectivity index (χ3n) is 4.82. The topological polar surface area (TPSA) is 71.0 Å². The Morgan fingerprint density at radius 1 is 1.21 bits per heavy atom. The molecule has 3 rings (SSSR count). The van der Waals surface area contributed by atoms with Crippen molar-refractivity contribution >= 4 is 29.9 Å². The Morgan fingerprint density at radius 2 is 1.97 bits per heavy atom. The summed E-state index contributed by atoms with van der Waals surface area (Å²) in [5.41, 5.74) is 2.18. The summed E-state index contributed by atoms with van der Waals surface area (Å²) in [6.45, 7) is 3.52. The van der Waals surface area contributed by atoms with Gasteiger partial charge in [0.05, 0.1) is 26.5 Å². The molecular weight excluding hydrogens is 481 g/mol. The number of halogens is 1. The number of hydrogen-bond donors (Lipinski definition) is 2. The van der Waals surface area contributed by atoms with Crippen molar-refractivity contribution in [3.8, 4) is 11.5 Å². The third-order valence-corrected chi connectivity index (χ3v) is 4.82. The molecule has 1 aromatic heterocycles. The summed E-state index contributed by atoms with van der Waals surface area (Å²) in [4.78, 5) is 11.1. The molecule has 8 heteroatoms. The second-order valence-corrected chi connectivity index (χ2v) is 6.83. The molecule has 0 aliphatic carbocycles. The Bertz CT molecular complexity index is 766. The van der Waals surface area contributed by atoms with Crippen molar-refractivity contribution in [2.24, 2.45) is 4.99 Å². The molecule has 1 saturated heterocycles. The highest BCUT2D eigenvalue weighted by Gasteiger charge is 2.23. The van der Waals surface area contributed by atoms with Gasteiger partial charge in [0, 0.05) is 45.0 Å². The van der Waals surface area contributed by atoms with E-state index in [9.17, 15) is 0 Å². The van der Waals surface area contributed by atoms with Crippen LogP contribution in [0.3, 0.4) is 0 Å². The lowest BCUT2D eigenvalue weighted by atomic mass is 10.2. The fourth-order valence-electron chi connectivity index (χ4n) is 3.37. The normalized spacial score (nSPS) is 16.8. The Labute approximate surface area is 189 Å². The largest absolute Gasteiger partial charge is 0.497 e. The molecule has 158 valence electrons. The predicted octanol–water partition coefficient (Wildman–Crippen LogP) is 2.66. The van der Waals surface area contributed by atoms with Gasteiger partial charge in [0.25, 0.3) is 0 Å². The minimum absolute atomic E-state index is 0.